The fourth-order valence-corrected chi connectivity index (χ4v) is 5.75. The second kappa shape index (κ2) is 9.62. The molecule has 8 heteroatoms. The van der Waals surface area contributed by atoms with Gasteiger partial charge in [0.15, 0.2) is 4.80 Å². The van der Waals surface area contributed by atoms with Gasteiger partial charge in [-0.05, 0) is 39.0 Å². The Bertz CT molecular complexity index is 1690. The maximum atomic E-state index is 13.9. The van der Waals surface area contributed by atoms with E-state index in [1.54, 1.807) is 18.4 Å². The maximum Gasteiger partial charge on any atom is 0.338 e. The first-order valence-electron chi connectivity index (χ1n) is 11.9. The second-order valence-corrected chi connectivity index (χ2v) is 9.49. The van der Waals surface area contributed by atoms with Gasteiger partial charge in [-0.3, -0.25) is 9.36 Å². The Morgan fingerprint density at radius 3 is 2.64 bits per heavy atom. The van der Waals surface area contributed by atoms with E-state index < -0.39 is 12.0 Å². The summed E-state index contributed by atoms with van der Waals surface area (Å²) in [4.78, 5) is 32.2. The standard InChI is InChI=1S/C28H27N3O4S/c1-5-34-22-14-10-8-12-20(22)25-24(27(33)35-6-2)17(3)29-28-31(25)26(32)23(36-28)15-18-16-30(4)21-13-9-7-11-19(18)21/h7-16,25H,5-6H2,1-4H3. The van der Waals surface area contributed by atoms with E-state index in [4.69, 9.17) is 9.47 Å². The lowest BCUT2D eigenvalue weighted by molar-refractivity contribution is -0.139. The Morgan fingerprint density at radius 1 is 1.11 bits per heavy atom. The quantitative estimate of drug-likeness (QED) is 0.378. The van der Waals surface area contributed by atoms with E-state index in [0.717, 1.165) is 22.0 Å². The Balaban J connectivity index is 1.77. The molecule has 1 aliphatic heterocycles. The van der Waals surface area contributed by atoms with Crippen LogP contribution in [0.4, 0.5) is 0 Å². The maximum absolute atomic E-state index is 13.9. The van der Waals surface area contributed by atoms with Crippen LogP contribution in [0.25, 0.3) is 17.0 Å². The van der Waals surface area contributed by atoms with Gasteiger partial charge in [-0.15, -0.1) is 0 Å². The van der Waals surface area contributed by atoms with Crippen LogP contribution in [-0.2, 0) is 16.6 Å². The van der Waals surface area contributed by atoms with Gasteiger partial charge in [-0.25, -0.2) is 9.79 Å². The van der Waals surface area contributed by atoms with Crippen molar-refractivity contribution in [3.63, 3.8) is 0 Å². The molecule has 1 unspecified atom stereocenters. The highest BCUT2D eigenvalue weighted by molar-refractivity contribution is 7.07. The molecule has 0 saturated heterocycles. The van der Waals surface area contributed by atoms with Crippen molar-refractivity contribution < 1.29 is 14.3 Å². The molecule has 2 aromatic heterocycles. The van der Waals surface area contributed by atoms with E-state index in [9.17, 15) is 9.59 Å². The average Bonchev–Trinajstić information content (AvgIpc) is 3.35. The SMILES string of the molecule is CCOC(=O)C1=C(C)N=c2sc(=Cc3cn(C)c4ccccc34)c(=O)n2C1c1ccccc1OCC. The number of hydrogen-bond acceptors (Lipinski definition) is 6. The lowest BCUT2D eigenvalue weighted by atomic mass is 9.95. The zero-order valence-electron chi connectivity index (χ0n) is 20.6. The van der Waals surface area contributed by atoms with E-state index in [2.05, 4.69) is 4.99 Å². The first kappa shape index (κ1) is 23.8. The van der Waals surface area contributed by atoms with Crippen molar-refractivity contribution in [2.75, 3.05) is 13.2 Å². The highest BCUT2D eigenvalue weighted by atomic mass is 32.1. The molecular weight excluding hydrogens is 474 g/mol. The van der Waals surface area contributed by atoms with Crippen LogP contribution < -0.4 is 19.6 Å². The van der Waals surface area contributed by atoms with Crippen LogP contribution in [0.15, 0.2) is 75.8 Å². The highest BCUT2D eigenvalue weighted by Crippen LogP contribution is 2.35. The fourth-order valence-electron chi connectivity index (χ4n) is 4.71. The van der Waals surface area contributed by atoms with Crippen LogP contribution in [0.1, 0.15) is 37.9 Å². The van der Waals surface area contributed by atoms with Crippen molar-refractivity contribution in [2.24, 2.45) is 12.0 Å². The van der Waals surface area contributed by atoms with Crippen LogP contribution in [0, 0.1) is 0 Å². The van der Waals surface area contributed by atoms with Crippen LogP contribution in [0.5, 0.6) is 5.75 Å². The van der Waals surface area contributed by atoms with Gasteiger partial charge in [0.2, 0.25) is 0 Å². The number of benzene rings is 2. The number of ether oxygens (including phenoxy) is 2. The number of aryl methyl sites for hydroxylation is 1. The van der Waals surface area contributed by atoms with E-state index >= 15 is 0 Å². The van der Waals surface area contributed by atoms with E-state index in [1.165, 1.54) is 11.3 Å². The van der Waals surface area contributed by atoms with Crippen LogP contribution in [-0.4, -0.2) is 28.3 Å². The molecule has 1 atom stereocenters. The summed E-state index contributed by atoms with van der Waals surface area (Å²) in [5.74, 6) is 0.128. The number of aromatic nitrogens is 2. The number of nitrogens with zero attached hydrogens (tertiary/aromatic N) is 3. The number of fused-ring (bicyclic) bond motifs is 2. The summed E-state index contributed by atoms with van der Waals surface area (Å²) in [7, 11) is 1.99. The van der Waals surface area contributed by atoms with Crippen molar-refractivity contribution in [1.82, 2.24) is 9.13 Å². The van der Waals surface area contributed by atoms with Crippen molar-refractivity contribution in [2.45, 2.75) is 26.8 Å². The third-order valence-corrected chi connectivity index (χ3v) is 7.23. The Kier molecular flexibility index (Phi) is 6.36. The van der Waals surface area contributed by atoms with Crippen LogP contribution in [0.3, 0.4) is 0 Å². The molecule has 0 N–H and O–H groups in total. The topological polar surface area (TPSA) is 74.8 Å². The van der Waals surface area contributed by atoms with Gasteiger partial charge in [-0.1, -0.05) is 47.7 Å². The first-order chi connectivity index (χ1) is 17.4. The fraction of sp³-hybridized carbons (Fsp3) is 0.250. The number of allylic oxidation sites excluding steroid dienone is 1. The lowest BCUT2D eigenvalue weighted by Crippen LogP contribution is -2.40. The molecule has 36 heavy (non-hydrogen) atoms. The number of thiazole rings is 1. The molecule has 2 aromatic carbocycles. The minimum atomic E-state index is -0.710. The molecule has 4 aromatic rings. The zero-order chi connectivity index (χ0) is 25.4. The molecule has 184 valence electrons. The second-order valence-electron chi connectivity index (χ2n) is 8.49. The van der Waals surface area contributed by atoms with Gasteiger partial charge in [0.1, 0.15) is 11.8 Å². The van der Waals surface area contributed by atoms with Crippen LogP contribution in [0.2, 0.25) is 0 Å². The lowest BCUT2D eigenvalue weighted by Gasteiger charge is -2.26. The molecule has 0 spiro atoms. The molecule has 0 amide bonds. The summed E-state index contributed by atoms with van der Waals surface area (Å²) in [6.45, 7) is 6.12. The number of rotatable bonds is 6. The van der Waals surface area contributed by atoms with E-state index in [-0.39, 0.29) is 12.2 Å². The highest BCUT2D eigenvalue weighted by Gasteiger charge is 2.35. The number of esters is 1. The minimum absolute atomic E-state index is 0.211. The average molecular weight is 502 g/mol. The zero-order valence-corrected chi connectivity index (χ0v) is 21.5. The Labute approximate surface area is 212 Å². The number of carbonyl (C=O) groups excluding carboxylic acids is 1. The predicted molar refractivity (Wildman–Crippen MR) is 141 cm³/mol. The number of para-hydroxylation sites is 2. The van der Waals surface area contributed by atoms with Crippen molar-refractivity contribution >= 4 is 34.3 Å². The Hall–Kier alpha value is -3.91. The molecule has 0 aliphatic carbocycles. The molecule has 1 aliphatic rings. The van der Waals surface area contributed by atoms with Gasteiger partial charge >= 0.3 is 5.97 Å². The first-order valence-corrected chi connectivity index (χ1v) is 12.7. The summed E-state index contributed by atoms with van der Waals surface area (Å²) < 4.78 is 15.5. The molecule has 5 rings (SSSR count). The van der Waals surface area contributed by atoms with Crippen molar-refractivity contribution in [3.05, 3.63) is 96.8 Å². The van der Waals surface area contributed by atoms with Gasteiger partial charge in [0, 0.05) is 35.3 Å². The number of carbonyl (C=O) groups is 1. The minimum Gasteiger partial charge on any atom is -0.494 e. The summed E-state index contributed by atoms with van der Waals surface area (Å²) in [6, 6.07) is 14.9. The van der Waals surface area contributed by atoms with Gasteiger partial charge in [0.25, 0.3) is 5.56 Å². The summed E-state index contributed by atoms with van der Waals surface area (Å²) in [5.41, 5.74) is 3.41. The summed E-state index contributed by atoms with van der Waals surface area (Å²) in [6.07, 6.45) is 3.92. The molecular formula is C28H27N3O4S. The summed E-state index contributed by atoms with van der Waals surface area (Å²) >= 11 is 1.31. The van der Waals surface area contributed by atoms with Gasteiger partial charge < -0.3 is 14.0 Å². The predicted octanol–water partition coefficient (Wildman–Crippen LogP) is 3.69. The van der Waals surface area contributed by atoms with Crippen molar-refractivity contribution in [3.8, 4) is 5.75 Å². The monoisotopic (exact) mass is 501 g/mol. The summed E-state index contributed by atoms with van der Waals surface area (Å²) in [5, 5.41) is 1.06. The molecule has 0 fully saturated rings. The Morgan fingerprint density at radius 2 is 1.86 bits per heavy atom. The van der Waals surface area contributed by atoms with Crippen molar-refractivity contribution in [1.29, 1.82) is 0 Å². The third-order valence-electron chi connectivity index (χ3n) is 6.24. The third kappa shape index (κ3) is 3.97. The molecule has 7 nitrogen and oxygen atoms in total. The van der Waals surface area contributed by atoms with Gasteiger partial charge in [0.05, 0.1) is 29.0 Å². The smallest absolute Gasteiger partial charge is 0.338 e. The molecule has 0 radical (unpaired) electrons. The molecule has 0 bridgehead atoms. The van der Waals surface area contributed by atoms with E-state index in [0.29, 0.717) is 33.0 Å². The molecule has 3 heterocycles. The van der Waals surface area contributed by atoms with E-state index in [1.807, 2.05) is 79.3 Å². The molecule has 0 saturated carbocycles. The van der Waals surface area contributed by atoms with Gasteiger partial charge in [-0.2, -0.15) is 0 Å². The normalized spacial score (nSPS) is 15.7. The van der Waals surface area contributed by atoms with Crippen LogP contribution >= 0.6 is 11.3 Å². The largest absolute Gasteiger partial charge is 0.494 e. The number of hydrogen-bond donors (Lipinski definition) is 0.